The van der Waals surface area contributed by atoms with Gasteiger partial charge in [-0.25, -0.2) is 0 Å². The Hall–Kier alpha value is -0.800. The van der Waals surface area contributed by atoms with Crippen LogP contribution in [0.1, 0.15) is 33.6 Å². The summed E-state index contributed by atoms with van der Waals surface area (Å²) in [5.74, 6) is -0.157. The van der Waals surface area contributed by atoms with E-state index in [-0.39, 0.29) is 5.92 Å². The highest BCUT2D eigenvalue weighted by atomic mass is 19.4. The molecule has 1 saturated carbocycles. The first-order chi connectivity index (χ1) is 7.12. The molecule has 1 aliphatic rings. The van der Waals surface area contributed by atoms with Gasteiger partial charge in [0.1, 0.15) is 6.29 Å². The largest absolute Gasteiger partial charge is 0.409 e. The van der Waals surface area contributed by atoms with E-state index in [1.165, 1.54) is 6.08 Å². The number of aldehydes is 1. The number of hydrogen-bond donors (Lipinski definition) is 0. The molecule has 0 amide bonds. The molecule has 0 spiro atoms. The zero-order valence-electron chi connectivity index (χ0n) is 9.77. The van der Waals surface area contributed by atoms with Crippen LogP contribution in [0.3, 0.4) is 0 Å². The molecule has 0 N–H and O–H groups in total. The molecule has 0 aromatic heterocycles. The number of carbonyl (C=O) groups is 1. The Balaban J connectivity index is 2.95. The zero-order valence-corrected chi connectivity index (χ0v) is 9.77. The highest BCUT2D eigenvalue weighted by Crippen LogP contribution is 2.56. The molecule has 0 aliphatic heterocycles. The average molecular weight is 234 g/mol. The van der Waals surface area contributed by atoms with Gasteiger partial charge >= 0.3 is 6.18 Å². The van der Waals surface area contributed by atoms with Crippen molar-refractivity contribution in [3.05, 3.63) is 12.2 Å². The number of alkyl halides is 3. The predicted molar refractivity (Wildman–Crippen MR) is 55.9 cm³/mol. The fourth-order valence-corrected chi connectivity index (χ4v) is 2.38. The molecule has 0 unspecified atom stereocenters. The van der Waals surface area contributed by atoms with Crippen LogP contribution >= 0.6 is 0 Å². The fourth-order valence-electron chi connectivity index (χ4n) is 2.38. The Labute approximate surface area is 93.7 Å². The van der Waals surface area contributed by atoms with E-state index in [2.05, 4.69) is 0 Å². The van der Waals surface area contributed by atoms with Gasteiger partial charge in [-0.3, -0.25) is 0 Å². The molecule has 1 nitrogen and oxygen atoms in total. The summed E-state index contributed by atoms with van der Waals surface area (Å²) >= 11 is 0. The summed E-state index contributed by atoms with van der Waals surface area (Å²) in [6.45, 7) is 5.51. The molecule has 0 saturated heterocycles. The Kier molecular flexibility index (Phi) is 3.23. The lowest BCUT2D eigenvalue weighted by molar-refractivity contribution is -0.114. The Morgan fingerprint density at radius 2 is 1.81 bits per heavy atom. The summed E-state index contributed by atoms with van der Waals surface area (Å²) in [7, 11) is 0. The van der Waals surface area contributed by atoms with E-state index in [4.69, 9.17) is 0 Å². The highest BCUT2D eigenvalue weighted by Gasteiger charge is 2.50. The molecular formula is C12H17F3O. The van der Waals surface area contributed by atoms with Gasteiger partial charge in [-0.05, 0) is 23.7 Å². The molecule has 0 radical (unpaired) electrons. The van der Waals surface area contributed by atoms with Crippen LogP contribution in [-0.4, -0.2) is 12.5 Å². The van der Waals surface area contributed by atoms with Crippen LogP contribution < -0.4 is 0 Å². The topological polar surface area (TPSA) is 17.1 Å². The highest BCUT2D eigenvalue weighted by molar-refractivity contribution is 5.56. The van der Waals surface area contributed by atoms with Gasteiger partial charge in [-0.1, -0.05) is 26.8 Å². The molecular weight excluding hydrogens is 217 g/mol. The molecule has 2 atom stereocenters. The van der Waals surface area contributed by atoms with Crippen LogP contribution in [-0.2, 0) is 4.79 Å². The molecule has 0 heterocycles. The minimum Gasteiger partial charge on any atom is -0.303 e. The molecule has 0 aromatic carbocycles. The minimum atomic E-state index is -4.28. The van der Waals surface area contributed by atoms with Crippen molar-refractivity contribution in [2.75, 3.05) is 0 Å². The van der Waals surface area contributed by atoms with E-state index in [1.807, 2.05) is 13.8 Å². The quantitative estimate of drug-likeness (QED) is 0.525. The van der Waals surface area contributed by atoms with Crippen molar-refractivity contribution in [1.29, 1.82) is 0 Å². The van der Waals surface area contributed by atoms with Crippen LogP contribution in [0, 0.1) is 16.7 Å². The van der Waals surface area contributed by atoms with Crippen LogP contribution in [0.2, 0.25) is 0 Å². The maximum atomic E-state index is 12.2. The number of allylic oxidation sites excluding steroid dienone is 2. The van der Waals surface area contributed by atoms with Crippen molar-refractivity contribution < 1.29 is 18.0 Å². The summed E-state index contributed by atoms with van der Waals surface area (Å²) < 4.78 is 36.5. The summed E-state index contributed by atoms with van der Waals surface area (Å²) in [6.07, 6.45) is -0.616. The fraction of sp³-hybridized carbons (Fsp3) is 0.750. The Morgan fingerprint density at radius 1 is 1.25 bits per heavy atom. The minimum absolute atomic E-state index is 0.157. The van der Waals surface area contributed by atoms with Gasteiger partial charge in [0.2, 0.25) is 0 Å². The second-order valence-corrected chi connectivity index (χ2v) is 5.30. The maximum absolute atomic E-state index is 12.2. The molecule has 1 fully saturated rings. The molecule has 16 heavy (non-hydrogen) atoms. The lowest BCUT2D eigenvalue weighted by atomic mass is 9.66. The van der Waals surface area contributed by atoms with Gasteiger partial charge in [0.05, 0.1) is 0 Å². The first kappa shape index (κ1) is 13.3. The van der Waals surface area contributed by atoms with Crippen molar-refractivity contribution in [3.8, 4) is 0 Å². The third-order valence-electron chi connectivity index (χ3n) is 4.18. The smallest absolute Gasteiger partial charge is 0.303 e. The second kappa shape index (κ2) is 3.90. The molecule has 1 aliphatic carbocycles. The van der Waals surface area contributed by atoms with Gasteiger partial charge in [-0.2, -0.15) is 13.2 Å². The Morgan fingerprint density at radius 3 is 2.19 bits per heavy atom. The maximum Gasteiger partial charge on any atom is 0.409 e. The lowest BCUT2D eigenvalue weighted by Gasteiger charge is -2.38. The number of carbonyl (C=O) groups excluding carboxylic acids is 1. The first-order valence-corrected chi connectivity index (χ1v) is 5.35. The van der Waals surface area contributed by atoms with Gasteiger partial charge < -0.3 is 4.79 Å². The van der Waals surface area contributed by atoms with E-state index < -0.39 is 17.0 Å². The van der Waals surface area contributed by atoms with Crippen molar-refractivity contribution in [1.82, 2.24) is 0 Å². The Bertz CT molecular complexity index is 304. The van der Waals surface area contributed by atoms with Crippen LogP contribution in [0.4, 0.5) is 13.2 Å². The summed E-state index contributed by atoms with van der Waals surface area (Å²) in [5, 5.41) is 0. The van der Waals surface area contributed by atoms with Gasteiger partial charge in [0.15, 0.2) is 0 Å². The molecule has 0 aromatic rings. The third kappa shape index (κ3) is 2.30. The van der Waals surface area contributed by atoms with Crippen LogP contribution in [0.15, 0.2) is 12.2 Å². The molecule has 1 rings (SSSR count). The van der Waals surface area contributed by atoms with E-state index in [9.17, 15) is 18.0 Å². The van der Waals surface area contributed by atoms with Gasteiger partial charge in [-0.15, -0.1) is 0 Å². The number of hydrogen-bond acceptors (Lipinski definition) is 1. The van der Waals surface area contributed by atoms with Gasteiger partial charge in [0, 0.05) is 12.0 Å². The van der Waals surface area contributed by atoms with E-state index >= 15 is 0 Å². The normalized spacial score (nSPS) is 34.5. The lowest BCUT2D eigenvalue weighted by Crippen LogP contribution is -2.33. The van der Waals surface area contributed by atoms with Crippen molar-refractivity contribution in [2.45, 2.75) is 39.8 Å². The third-order valence-corrected chi connectivity index (χ3v) is 4.18. The molecule has 0 bridgehead atoms. The van der Waals surface area contributed by atoms with Crippen molar-refractivity contribution in [2.24, 2.45) is 16.7 Å². The second-order valence-electron chi connectivity index (χ2n) is 5.30. The monoisotopic (exact) mass is 234 g/mol. The molecule has 92 valence electrons. The number of halogens is 3. The predicted octanol–water partition coefficient (Wildman–Crippen LogP) is 3.75. The summed E-state index contributed by atoms with van der Waals surface area (Å²) in [5.41, 5.74) is -0.982. The van der Waals surface area contributed by atoms with Gasteiger partial charge in [0.25, 0.3) is 0 Å². The molecule has 4 heteroatoms. The van der Waals surface area contributed by atoms with E-state index in [1.54, 1.807) is 6.92 Å². The van der Waals surface area contributed by atoms with E-state index in [0.29, 0.717) is 18.9 Å². The summed E-state index contributed by atoms with van der Waals surface area (Å²) in [4.78, 5) is 10.9. The van der Waals surface area contributed by atoms with Crippen molar-refractivity contribution in [3.63, 3.8) is 0 Å². The standard InChI is InChI=1S/C12H17F3O/c1-10(2)9(8-16)4-5-11(10,3)6-7-12(13,14)15/h6-9H,4-5H2,1-3H3/b7-6+/t9-,11+/m0/s1. The van der Waals surface area contributed by atoms with Crippen LogP contribution in [0.25, 0.3) is 0 Å². The average Bonchev–Trinajstić information content (AvgIpc) is 2.35. The first-order valence-electron chi connectivity index (χ1n) is 5.35. The van der Waals surface area contributed by atoms with Crippen LogP contribution in [0.5, 0.6) is 0 Å². The summed E-state index contributed by atoms with van der Waals surface area (Å²) in [6, 6.07) is 0. The van der Waals surface area contributed by atoms with Crippen molar-refractivity contribution >= 4 is 6.29 Å². The number of rotatable bonds is 2. The SMILES string of the molecule is CC1(C)[C@H](C=O)CC[C@]1(C)/C=C/C(F)(F)F. The van der Waals surface area contributed by atoms with E-state index in [0.717, 1.165) is 6.29 Å². The zero-order chi connectivity index (χ0) is 12.6.